The van der Waals surface area contributed by atoms with Gasteiger partial charge in [-0.25, -0.2) is 9.78 Å². The SMILES string of the molecule is Cc1[nH]c(C(=O)Nc2nc3c(OC(C)c4ccccc4)cc(C(=O)O)cc3s2)cc1C#N. The molecule has 0 spiro atoms. The Bertz CT molecular complexity index is 1370. The fourth-order valence-electron chi connectivity index (χ4n) is 3.21. The lowest BCUT2D eigenvalue weighted by atomic mass is 10.1. The van der Waals surface area contributed by atoms with Crippen LogP contribution < -0.4 is 10.1 Å². The maximum Gasteiger partial charge on any atom is 0.335 e. The summed E-state index contributed by atoms with van der Waals surface area (Å²) in [7, 11) is 0. The van der Waals surface area contributed by atoms with Crippen LogP contribution in [0.15, 0.2) is 48.5 Å². The number of nitrogens with zero attached hydrogens (tertiary/aromatic N) is 2. The molecule has 2 aromatic heterocycles. The fourth-order valence-corrected chi connectivity index (χ4v) is 4.13. The molecular weight excluding hydrogens is 428 g/mol. The summed E-state index contributed by atoms with van der Waals surface area (Å²) in [5.41, 5.74) is 2.67. The van der Waals surface area contributed by atoms with E-state index in [0.29, 0.717) is 27.2 Å². The number of H-pyrrole nitrogens is 1. The molecule has 32 heavy (non-hydrogen) atoms. The van der Waals surface area contributed by atoms with Gasteiger partial charge in [-0.05, 0) is 37.6 Å². The van der Waals surface area contributed by atoms with Crippen LogP contribution in [-0.4, -0.2) is 27.0 Å². The average molecular weight is 446 g/mol. The standard InChI is InChI=1S/C23H18N4O4S/c1-12-16(11-24)8-17(25-12)21(28)27-23-26-20-18(9-15(22(29)30)10-19(20)32-23)31-13(2)14-6-4-3-5-7-14/h3-10,13,25H,1-2H3,(H,29,30)(H,26,27,28). The second-order valence-corrected chi connectivity index (χ2v) is 8.13. The van der Waals surface area contributed by atoms with Gasteiger partial charge in [0.1, 0.15) is 29.1 Å². The van der Waals surface area contributed by atoms with Gasteiger partial charge in [0.25, 0.3) is 5.91 Å². The molecule has 9 heteroatoms. The lowest BCUT2D eigenvalue weighted by Gasteiger charge is -2.15. The zero-order valence-electron chi connectivity index (χ0n) is 17.2. The number of aromatic amines is 1. The molecule has 0 fully saturated rings. The van der Waals surface area contributed by atoms with Crippen LogP contribution in [-0.2, 0) is 0 Å². The smallest absolute Gasteiger partial charge is 0.335 e. The van der Waals surface area contributed by atoms with Crippen LogP contribution in [0.3, 0.4) is 0 Å². The van der Waals surface area contributed by atoms with Gasteiger partial charge in [0.05, 0.1) is 15.8 Å². The number of carboxylic acids is 1. The quantitative estimate of drug-likeness (QED) is 0.387. The van der Waals surface area contributed by atoms with Crippen LogP contribution in [0.1, 0.15) is 50.7 Å². The molecule has 0 aliphatic carbocycles. The number of amides is 1. The number of aryl methyl sites for hydroxylation is 1. The number of carbonyl (C=O) groups excluding carboxylic acids is 1. The molecule has 2 heterocycles. The van der Waals surface area contributed by atoms with Gasteiger partial charge in [0.2, 0.25) is 0 Å². The van der Waals surface area contributed by atoms with Crippen LogP contribution in [0, 0.1) is 18.3 Å². The number of hydrogen-bond donors (Lipinski definition) is 3. The van der Waals surface area contributed by atoms with Crippen molar-refractivity contribution in [2.45, 2.75) is 20.0 Å². The minimum atomic E-state index is -1.09. The largest absolute Gasteiger partial charge is 0.484 e. The Hall–Kier alpha value is -4.16. The number of benzene rings is 2. The molecule has 1 atom stereocenters. The van der Waals surface area contributed by atoms with E-state index < -0.39 is 11.9 Å². The first-order valence-corrected chi connectivity index (χ1v) is 10.5. The summed E-state index contributed by atoms with van der Waals surface area (Å²) in [6, 6.07) is 16.0. The van der Waals surface area contributed by atoms with Crippen LogP contribution >= 0.6 is 11.3 Å². The van der Waals surface area contributed by atoms with Crippen molar-refractivity contribution in [2.75, 3.05) is 5.32 Å². The Balaban J connectivity index is 1.67. The zero-order chi connectivity index (χ0) is 22.8. The second-order valence-electron chi connectivity index (χ2n) is 7.10. The number of thiazole rings is 1. The number of ether oxygens (including phenoxy) is 1. The van der Waals surface area contributed by atoms with E-state index in [-0.39, 0.29) is 22.5 Å². The molecule has 8 nitrogen and oxygen atoms in total. The number of nitrogens with one attached hydrogen (secondary N) is 2. The lowest BCUT2D eigenvalue weighted by molar-refractivity contribution is 0.0696. The van der Waals surface area contributed by atoms with Crippen molar-refractivity contribution in [1.82, 2.24) is 9.97 Å². The van der Waals surface area contributed by atoms with Gasteiger partial charge in [0.15, 0.2) is 5.13 Å². The second kappa shape index (κ2) is 8.53. The summed E-state index contributed by atoms with van der Waals surface area (Å²) >= 11 is 1.14. The van der Waals surface area contributed by atoms with Crippen molar-refractivity contribution in [1.29, 1.82) is 5.26 Å². The van der Waals surface area contributed by atoms with E-state index in [2.05, 4.69) is 15.3 Å². The zero-order valence-corrected chi connectivity index (χ0v) is 18.0. The first kappa shape index (κ1) is 21.1. The van der Waals surface area contributed by atoms with Crippen LogP contribution in [0.2, 0.25) is 0 Å². The normalized spacial score (nSPS) is 11.7. The van der Waals surface area contributed by atoms with Crippen LogP contribution in [0.5, 0.6) is 5.75 Å². The van der Waals surface area contributed by atoms with Crippen molar-refractivity contribution in [3.05, 3.63) is 76.6 Å². The van der Waals surface area contributed by atoms with Crippen molar-refractivity contribution in [3.63, 3.8) is 0 Å². The van der Waals surface area contributed by atoms with Gasteiger partial charge in [-0.1, -0.05) is 41.7 Å². The number of carboxylic acid groups (broad SMARTS) is 1. The highest BCUT2D eigenvalue weighted by atomic mass is 32.1. The van der Waals surface area contributed by atoms with Crippen molar-refractivity contribution >= 4 is 38.6 Å². The lowest BCUT2D eigenvalue weighted by Crippen LogP contribution is -2.12. The topological polar surface area (TPSA) is 128 Å². The molecule has 3 N–H and O–H groups in total. The van der Waals surface area contributed by atoms with Crippen molar-refractivity contribution in [3.8, 4) is 11.8 Å². The number of rotatable bonds is 6. The molecule has 2 aromatic carbocycles. The van der Waals surface area contributed by atoms with Crippen LogP contribution in [0.4, 0.5) is 5.13 Å². The molecule has 1 amide bonds. The van der Waals surface area contributed by atoms with E-state index >= 15 is 0 Å². The maximum atomic E-state index is 12.6. The molecule has 0 bridgehead atoms. The fraction of sp³-hybridized carbons (Fsp3) is 0.130. The highest BCUT2D eigenvalue weighted by molar-refractivity contribution is 7.22. The number of anilines is 1. The van der Waals surface area contributed by atoms with Crippen LogP contribution in [0.25, 0.3) is 10.2 Å². The van der Waals surface area contributed by atoms with Gasteiger partial charge in [0, 0.05) is 5.69 Å². The van der Waals surface area contributed by atoms with Gasteiger partial charge >= 0.3 is 5.97 Å². The molecule has 1 unspecified atom stereocenters. The van der Waals surface area contributed by atoms with Crippen molar-refractivity contribution in [2.24, 2.45) is 0 Å². The molecule has 0 radical (unpaired) electrons. The predicted molar refractivity (Wildman–Crippen MR) is 120 cm³/mol. The molecular formula is C23H18N4O4S. The Morgan fingerprint density at radius 2 is 2.00 bits per heavy atom. The summed E-state index contributed by atoms with van der Waals surface area (Å²) in [6.07, 6.45) is -0.338. The third-order valence-electron chi connectivity index (χ3n) is 4.88. The molecule has 0 aliphatic heterocycles. The first-order chi connectivity index (χ1) is 15.4. The van der Waals surface area contributed by atoms with Gasteiger partial charge in [-0.2, -0.15) is 5.26 Å². The minimum absolute atomic E-state index is 0.0629. The summed E-state index contributed by atoms with van der Waals surface area (Å²) in [5, 5.41) is 21.6. The van der Waals surface area contributed by atoms with E-state index in [1.807, 2.05) is 43.3 Å². The Morgan fingerprint density at radius 1 is 1.25 bits per heavy atom. The Kier molecular flexibility index (Phi) is 5.62. The summed E-state index contributed by atoms with van der Waals surface area (Å²) < 4.78 is 6.63. The van der Waals surface area contributed by atoms with E-state index in [9.17, 15) is 14.7 Å². The number of nitriles is 1. The molecule has 4 rings (SSSR count). The number of aromatic nitrogens is 2. The van der Waals surface area contributed by atoms with Gasteiger partial charge in [-0.15, -0.1) is 0 Å². The highest BCUT2D eigenvalue weighted by Crippen LogP contribution is 2.36. The molecule has 4 aromatic rings. The minimum Gasteiger partial charge on any atom is -0.484 e. The van der Waals surface area contributed by atoms with Gasteiger partial charge < -0.3 is 14.8 Å². The third kappa shape index (κ3) is 4.17. The highest BCUT2D eigenvalue weighted by Gasteiger charge is 2.19. The first-order valence-electron chi connectivity index (χ1n) is 9.66. The monoisotopic (exact) mass is 446 g/mol. The Labute approximate surface area is 187 Å². The van der Waals surface area contributed by atoms with Gasteiger partial charge in [-0.3, -0.25) is 10.1 Å². The summed E-state index contributed by atoms with van der Waals surface area (Å²) in [6.45, 7) is 3.57. The number of aromatic carboxylic acids is 1. The van der Waals surface area contributed by atoms with E-state index in [0.717, 1.165) is 16.9 Å². The summed E-state index contributed by atoms with van der Waals surface area (Å²) in [4.78, 5) is 31.5. The predicted octanol–water partition coefficient (Wildman–Crippen LogP) is 4.90. The Morgan fingerprint density at radius 3 is 2.66 bits per heavy atom. The van der Waals surface area contributed by atoms with Crippen molar-refractivity contribution < 1.29 is 19.4 Å². The number of hydrogen-bond acceptors (Lipinski definition) is 6. The third-order valence-corrected chi connectivity index (χ3v) is 5.80. The number of carbonyl (C=O) groups is 2. The summed E-state index contributed by atoms with van der Waals surface area (Å²) in [5.74, 6) is -1.23. The molecule has 0 saturated carbocycles. The maximum absolute atomic E-state index is 12.6. The molecule has 0 saturated heterocycles. The number of fused-ring (bicyclic) bond motifs is 1. The molecule has 160 valence electrons. The van der Waals surface area contributed by atoms with E-state index in [1.54, 1.807) is 6.92 Å². The molecule has 0 aliphatic rings. The van der Waals surface area contributed by atoms with E-state index in [1.165, 1.54) is 18.2 Å². The van der Waals surface area contributed by atoms with E-state index in [4.69, 9.17) is 10.00 Å². The average Bonchev–Trinajstić information content (AvgIpc) is 3.36.